The van der Waals surface area contributed by atoms with Crippen LogP contribution in [0.15, 0.2) is 29.4 Å². The van der Waals surface area contributed by atoms with Crippen molar-refractivity contribution in [3.63, 3.8) is 0 Å². The van der Waals surface area contributed by atoms with Gasteiger partial charge in [0.15, 0.2) is 0 Å². The molecule has 0 atom stereocenters. The zero-order valence-corrected chi connectivity index (χ0v) is 18.0. The van der Waals surface area contributed by atoms with Crippen LogP contribution in [-0.4, -0.2) is 72.6 Å². The van der Waals surface area contributed by atoms with Crippen molar-refractivity contribution in [2.75, 3.05) is 40.3 Å². The molecular formula is C22H29F3N4O2. The molecular weight excluding hydrogens is 409 g/mol. The van der Waals surface area contributed by atoms with E-state index in [1.165, 1.54) is 17.1 Å². The first-order chi connectivity index (χ1) is 14.6. The Kier molecular flexibility index (Phi) is 7.35. The minimum Gasteiger partial charge on any atom is -0.340 e. The lowest BCUT2D eigenvalue weighted by molar-refractivity contribution is -0.137. The lowest BCUT2D eigenvalue weighted by Gasteiger charge is -2.34. The van der Waals surface area contributed by atoms with Crippen LogP contribution in [0.5, 0.6) is 0 Å². The van der Waals surface area contributed by atoms with Crippen LogP contribution in [0.4, 0.5) is 13.2 Å². The van der Waals surface area contributed by atoms with Gasteiger partial charge in [0.2, 0.25) is 5.91 Å². The third kappa shape index (κ3) is 6.29. The summed E-state index contributed by atoms with van der Waals surface area (Å²) in [5.41, 5.74) is 0.511. The van der Waals surface area contributed by atoms with E-state index >= 15 is 0 Å². The number of rotatable bonds is 6. The summed E-state index contributed by atoms with van der Waals surface area (Å²) in [5.74, 6) is 0.158. The first kappa shape index (κ1) is 23.2. The van der Waals surface area contributed by atoms with E-state index in [-0.39, 0.29) is 11.8 Å². The molecule has 0 unspecified atom stereocenters. The maximum atomic E-state index is 12.9. The Labute approximate surface area is 180 Å². The molecule has 2 amide bonds. The molecule has 1 aromatic carbocycles. The minimum absolute atomic E-state index is 0.0864. The Morgan fingerprint density at radius 2 is 1.94 bits per heavy atom. The van der Waals surface area contributed by atoms with Gasteiger partial charge in [-0.05, 0) is 49.9 Å². The Hall–Kier alpha value is -2.42. The fraction of sp³-hybridized carbons (Fsp3) is 0.591. The largest absolute Gasteiger partial charge is 0.416 e. The van der Waals surface area contributed by atoms with Crippen molar-refractivity contribution in [1.82, 2.24) is 14.8 Å². The number of halogens is 3. The number of nitrogens with zero attached hydrogens (tertiary/aromatic N) is 4. The SMILES string of the molecule is CN(CC1CCN(CCc2cccc(C(F)(F)F)c2)CC1)C(=O)C1=NN(C)C(=O)CC1. The van der Waals surface area contributed by atoms with Crippen molar-refractivity contribution in [2.24, 2.45) is 11.0 Å². The smallest absolute Gasteiger partial charge is 0.340 e. The molecule has 0 aliphatic carbocycles. The highest BCUT2D eigenvalue weighted by atomic mass is 19.4. The second kappa shape index (κ2) is 9.80. The van der Waals surface area contributed by atoms with Gasteiger partial charge in [-0.25, -0.2) is 5.01 Å². The van der Waals surface area contributed by atoms with Gasteiger partial charge < -0.3 is 9.80 Å². The summed E-state index contributed by atoms with van der Waals surface area (Å²) < 4.78 is 38.6. The van der Waals surface area contributed by atoms with Crippen LogP contribution < -0.4 is 0 Å². The predicted octanol–water partition coefficient (Wildman–Crippen LogP) is 3.03. The fourth-order valence-electron chi connectivity index (χ4n) is 4.10. The first-order valence-corrected chi connectivity index (χ1v) is 10.6. The number of piperidine rings is 1. The lowest BCUT2D eigenvalue weighted by atomic mass is 9.95. The second-order valence-corrected chi connectivity index (χ2v) is 8.38. The number of likely N-dealkylation sites (tertiary alicyclic amines) is 1. The molecule has 31 heavy (non-hydrogen) atoms. The van der Waals surface area contributed by atoms with Crippen LogP contribution in [-0.2, 0) is 22.2 Å². The number of benzene rings is 1. The highest BCUT2D eigenvalue weighted by molar-refractivity contribution is 6.39. The highest BCUT2D eigenvalue weighted by Gasteiger charge is 2.30. The predicted molar refractivity (Wildman–Crippen MR) is 111 cm³/mol. The Morgan fingerprint density at radius 1 is 1.23 bits per heavy atom. The number of amides is 2. The standard InChI is InChI=1S/C22H29F3N4O2/c1-27(21(31)19-6-7-20(30)28(2)26-19)15-17-9-12-29(13-10-17)11-8-16-4-3-5-18(14-16)22(23,24)25/h3-5,14,17H,6-13,15H2,1-2H3. The van der Waals surface area contributed by atoms with E-state index in [2.05, 4.69) is 10.0 Å². The van der Waals surface area contributed by atoms with Crippen LogP contribution >= 0.6 is 0 Å². The van der Waals surface area contributed by atoms with Gasteiger partial charge >= 0.3 is 6.18 Å². The van der Waals surface area contributed by atoms with Crippen LogP contribution in [0.3, 0.4) is 0 Å². The van der Waals surface area contributed by atoms with Crippen molar-refractivity contribution < 1.29 is 22.8 Å². The molecule has 1 fully saturated rings. The van der Waals surface area contributed by atoms with Crippen molar-refractivity contribution in [1.29, 1.82) is 0 Å². The summed E-state index contributed by atoms with van der Waals surface area (Å²) in [7, 11) is 3.32. The van der Waals surface area contributed by atoms with Gasteiger partial charge in [0.1, 0.15) is 5.71 Å². The van der Waals surface area contributed by atoms with Crippen LogP contribution in [0.1, 0.15) is 36.8 Å². The van der Waals surface area contributed by atoms with Crippen molar-refractivity contribution in [2.45, 2.75) is 38.3 Å². The van der Waals surface area contributed by atoms with E-state index in [1.807, 2.05) is 0 Å². The molecule has 2 aliphatic heterocycles. The molecule has 0 N–H and O–H groups in total. The number of hydrogen-bond donors (Lipinski definition) is 0. The van der Waals surface area contributed by atoms with E-state index in [0.717, 1.165) is 38.5 Å². The summed E-state index contributed by atoms with van der Waals surface area (Å²) in [6.45, 7) is 3.09. The van der Waals surface area contributed by atoms with Crippen LogP contribution in [0, 0.1) is 5.92 Å². The average molecular weight is 438 g/mol. The number of carbonyl (C=O) groups is 2. The summed E-state index contributed by atoms with van der Waals surface area (Å²) >= 11 is 0. The maximum absolute atomic E-state index is 12.9. The lowest BCUT2D eigenvalue weighted by Crippen LogP contribution is -2.43. The van der Waals surface area contributed by atoms with Gasteiger partial charge in [-0.1, -0.05) is 18.2 Å². The molecule has 0 bridgehead atoms. The van der Waals surface area contributed by atoms with E-state index < -0.39 is 11.7 Å². The molecule has 1 saturated heterocycles. The molecule has 3 rings (SSSR count). The van der Waals surface area contributed by atoms with Crippen molar-refractivity contribution in [3.05, 3.63) is 35.4 Å². The molecule has 0 aromatic heterocycles. The van der Waals surface area contributed by atoms with E-state index in [4.69, 9.17) is 0 Å². The van der Waals surface area contributed by atoms with Gasteiger partial charge in [0.05, 0.1) is 5.56 Å². The van der Waals surface area contributed by atoms with Crippen molar-refractivity contribution >= 4 is 17.5 Å². The molecule has 1 aromatic rings. The fourth-order valence-corrected chi connectivity index (χ4v) is 4.10. The normalized spacial score (nSPS) is 18.8. The Morgan fingerprint density at radius 3 is 2.58 bits per heavy atom. The Balaban J connectivity index is 1.43. The van der Waals surface area contributed by atoms with Crippen LogP contribution in [0.25, 0.3) is 0 Å². The molecule has 0 spiro atoms. The van der Waals surface area contributed by atoms with Gasteiger partial charge in [-0.3, -0.25) is 9.59 Å². The zero-order valence-electron chi connectivity index (χ0n) is 18.0. The summed E-state index contributed by atoms with van der Waals surface area (Å²) in [6.07, 6.45) is -1.18. The number of alkyl halides is 3. The monoisotopic (exact) mass is 438 g/mol. The second-order valence-electron chi connectivity index (χ2n) is 8.38. The molecule has 170 valence electrons. The summed E-state index contributed by atoms with van der Waals surface area (Å²) in [5, 5.41) is 5.32. The number of carbonyl (C=O) groups excluding carboxylic acids is 2. The molecule has 0 radical (unpaired) electrons. The molecule has 2 heterocycles. The third-order valence-electron chi connectivity index (χ3n) is 6.01. The molecule has 0 saturated carbocycles. The first-order valence-electron chi connectivity index (χ1n) is 10.6. The molecule has 6 nitrogen and oxygen atoms in total. The zero-order chi connectivity index (χ0) is 22.6. The topological polar surface area (TPSA) is 56.2 Å². The third-order valence-corrected chi connectivity index (χ3v) is 6.01. The molecule has 9 heteroatoms. The quantitative estimate of drug-likeness (QED) is 0.686. The number of hydrazone groups is 1. The summed E-state index contributed by atoms with van der Waals surface area (Å²) in [4.78, 5) is 28.1. The maximum Gasteiger partial charge on any atom is 0.416 e. The van der Waals surface area contributed by atoms with Gasteiger partial charge in [-0.2, -0.15) is 18.3 Å². The van der Waals surface area contributed by atoms with Gasteiger partial charge in [-0.15, -0.1) is 0 Å². The van der Waals surface area contributed by atoms with E-state index in [9.17, 15) is 22.8 Å². The molecule has 2 aliphatic rings. The van der Waals surface area contributed by atoms with Gasteiger partial charge in [0.25, 0.3) is 5.91 Å². The average Bonchev–Trinajstić information content (AvgIpc) is 2.74. The highest BCUT2D eigenvalue weighted by Crippen LogP contribution is 2.29. The number of hydrogen-bond acceptors (Lipinski definition) is 4. The van der Waals surface area contributed by atoms with E-state index in [1.54, 1.807) is 25.1 Å². The summed E-state index contributed by atoms with van der Waals surface area (Å²) in [6, 6.07) is 5.52. The van der Waals surface area contributed by atoms with E-state index in [0.29, 0.717) is 43.0 Å². The van der Waals surface area contributed by atoms with Crippen LogP contribution in [0.2, 0.25) is 0 Å². The van der Waals surface area contributed by atoms with Gasteiger partial charge in [0, 0.05) is 40.0 Å². The Bertz CT molecular complexity index is 832. The van der Waals surface area contributed by atoms with Crippen molar-refractivity contribution in [3.8, 4) is 0 Å². The minimum atomic E-state index is -4.31.